The van der Waals surface area contributed by atoms with E-state index in [2.05, 4.69) is 10.3 Å². The van der Waals surface area contributed by atoms with E-state index in [4.69, 9.17) is 16.3 Å². The molecule has 0 aliphatic carbocycles. The smallest absolute Gasteiger partial charge is 0.305 e. The van der Waals surface area contributed by atoms with Crippen molar-refractivity contribution in [3.8, 4) is 0 Å². The summed E-state index contributed by atoms with van der Waals surface area (Å²) < 4.78 is 6.91. The number of rotatable bonds is 8. The third-order valence-corrected chi connectivity index (χ3v) is 3.48. The molecule has 0 radical (unpaired) electrons. The van der Waals surface area contributed by atoms with Crippen LogP contribution in [-0.2, 0) is 23.1 Å². The number of nitrogens with zero attached hydrogens (tertiary/aromatic N) is 3. The van der Waals surface area contributed by atoms with Crippen LogP contribution in [0.2, 0.25) is 5.02 Å². The quantitative estimate of drug-likeness (QED) is 0.209. The van der Waals surface area contributed by atoms with Crippen molar-refractivity contribution < 1.29 is 9.53 Å². The summed E-state index contributed by atoms with van der Waals surface area (Å²) in [5, 5.41) is 3.99. The molecule has 0 unspecified atom stereocenters. The van der Waals surface area contributed by atoms with E-state index in [1.807, 2.05) is 49.7 Å². The summed E-state index contributed by atoms with van der Waals surface area (Å²) in [6.07, 6.45) is 2.96. The lowest BCUT2D eigenvalue weighted by molar-refractivity contribution is -0.143. The number of nitrogens with one attached hydrogen (secondary N) is 1. The maximum Gasteiger partial charge on any atom is 0.305 e. The molecule has 0 spiro atoms. The molecule has 1 rings (SSSR count). The van der Waals surface area contributed by atoms with Crippen molar-refractivity contribution in [3.05, 3.63) is 23.0 Å². The van der Waals surface area contributed by atoms with E-state index in [-0.39, 0.29) is 29.9 Å². The number of carbonyl (C=O) groups is 1. The Morgan fingerprint density at radius 1 is 1.46 bits per heavy atom. The first kappa shape index (κ1) is 23.0. The van der Waals surface area contributed by atoms with Crippen molar-refractivity contribution in [3.63, 3.8) is 0 Å². The Hall–Kier alpha value is -0.960. The predicted octanol–water partition coefficient (Wildman–Crippen LogP) is 3.04. The van der Waals surface area contributed by atoms with Crippen LogP contribution in [0, 0.1) is 0 Å². The molecule has 0 aliphatic heterocycles. The van der Waals surface area contributed by atoms with Gasteiger partial charge in [-0.15, -0.1) is 24.0 Å². The van der Waals surface area contributed by atoms with E-state index in [0.29, 0.717) is 32.5 Å². The molecule has 1 N–H and O–H groups in total. The first-order chi connectivity index (χ1) is 11.0. The molecule has 6 nitrogen and oxygen atoms in total. The number of halogens is 2. The van der Waals surface area contributed by atoms with Crippen LogP contribution in [0.5, 0.6) is 0 Å². The lowest BCUT2D eigenvalue weighted by Crippen LogP contribution is -2.38. The topological polar surface area (TPSA) is 58.9 Å². The second-order valence-electron chi connectivity index (χ2n) is 5.26. The first-order valence-corrected chi connectivity index (χ1v) is 8.31. The van der Waals surface area contributed by atoms with E-state index in [9.17, 15) is 4.79 Å². The number of hydrogen-bond acceptors (Lipinski definition) is 3. The average Bonchev–Trinajstić information content (AvgIpc) is 2.80. The lowest BCUT2D eigenvalue weighted by Gasteiger charge is -2.22. The highest BCUT2D eigenvalue weighted by atomic mass is 127. The second kappa shape index (κ2) is 12.4. The van der Waals surface area contributed by atoms with Gasteiger partial charge in [-0.2, -0.15) is 0 Å². The number of aliphatic imine (C=N–C) groups is 1. The van der Waals surface area contributed by atoms with Crippen molar-refractivity contribution in [1.82, 2.24) is 14.8 Å². The minimum atomic E-state index is -0.167. The van der Waals surface area contributed by atoms with Crippen molar-refractivity contribution in [1.29, 1.82) is 0 Å². The molecule has 0 atom stereocenters. The highest BCUT2D eigenvalue weighted by Gasteiger charge is 2.09. The largest absolute Gasteiger partial charge is 0.466 e. The van der Waals surface area contributed by atoms with Crippen molar-refractivity contribution in [2.24, 2.45) is 12.0 Å². The van der Waals surface area contributed by atoms with Gasteiger partial charge in [0.05, 0.1) is 18.2 Å². The number of aryl methyl sites for hydroxylation is 1. The van der Waals surface area contributed by atoms with Gasteiger partial charge in [0.15, 0.2) is 5.96 Å². The summed E-state index contributed by atoms with van der Waals surface area (Å²) in [4.78, 5) is 17.9. The van der Waals surface area contributed by atoms with Crippen LogP contribution >= 0.6 is 35.6 Å². The Labute approximate surface area is 166 Å². The molecule has 0 amide bonds. The summed E-state index contributed by atoms with van der Waals surface area (Å²) in [7, 11) is 3.95. The molecule has 0 aliphatic rings. The molecule has 0 saturated heterocycles. The molecule has 8 heteroatoms. The summed E-state index contributed by atoms with van der Waals surface area (Å²) in [6.45, 7) is 6.33. The van der Waals surface area contributed by atoms with Crippen LogP contribution in [0.4, 0.5) is 0 Å². The average molecular weight is 471 g/mol. The number of esters is 1. The van der Waals surface area contributed by atoms with Crippen molar-refractivity contribution >= 4 is 47.5 Å². The van der Waals surface area contributed by atoms with E-state index in [1.54, 1.807) is 0 Å². The van der Waals surface area contributed by atoms with Crippen molar-refractivity contribution in [2.75, 3.05) is 26.7 Å². The summed E-state index contributed by atoms with van der Waals surface area (Å²) >= 11 is 6.02. The number of guanidine groups is 1. The van der Waals surface area contributed by atoms with Gasteiger partial charge in [0.1, 0.15) is 0 Å². The predicted molar refractivity (Wildman–Crippen MR) is 109 cm³/mol. The Morgan fingerprint density at radius 3 is 2.71 bits per heavy atom. The van der Waals surface area contributed by atoms with E-state index in [1.165, 1.54) is 0 Å². The Bertz CT molecular complexity index is 534. The van der Waals surface area contributed by atoms with Gasteiger partial charge in [-0.3, -0.25) is 9.79 Å². The zero-order valence-electron chi connectivity index (χ0n) is 14.8. The molecule has 24 heavy (non-hydrogen) atoms. The fourth-order valence-corrected chi connectivity index (χ4v) is 2.42. The minimum Gasteiger partial charge on any atom is -0.466 e. The summed E-state index contributed by atoms with van der Waals surface area (Å²) in [5.41, 5.74) is 1.11. The fraction of sp³-hybridized carbons (Fsp3) is 0.625. The lowest BCUT2D eigenvalue weighted by atomic mass is 10.3. The van der Waals surface area contributed by atoms with Gasteiger partial charge in [0, 0.05) is 45.5 Å². The fourth-order valence-electron chi connectivity index (χ4n) is 2.15. The summed E-state index contributed by atoms with van der Waals surface area (Å²) in [6, 6.07) is 1.95. The first-order valence-electron chi connectivity index (χ1n) is 7.93. The molecular formula is C16H28ClIN4O2. The SMILES string of the molecule is CCNC(=NCCCC(=O)OCC)N(C)Cc1cc(Cl)cn1C.I. The monoisotopic (exact) mass is 470 g/mol. The Morgan fingerprint density at radius 2 is 2.17 bits per heavy atom. The van der Waals surface area contributed by atoms with Gasteiger partial charge >= 0.3 is 5.97 Å². The van der Waals surface area contributed by atoms with Crippen LogP contribution in [0.1, 0.15) is 32.4 Å². The second-order valence-corrected chi connectivity index (χ2v) is 5.70. The molecule has 0 bridgehead atoms. The zero-order chi connectivity index (χ0) is 17.2. The van der Waals surface area contributed by atoms with Gasteiger partial charge in [0.2, 0.25) is 0 Å². The van der Waals surface area contributed by atoms with E-state index < -0.39 is 0 Å². The maximum absolute atomic E-state index is 11.3. The Kier molecular flexibility index (Phi) is 11.9. The van der Waals surface area contributed by atoms with Crippen LogP contribution in [0.3, 0.4) is 0 Å². The van der Waals surface area contributed by atoms with Crippen LogP contribution in [0.15, 0.2) is 17.3 Å². The van der Waals surface area contributed by atoms with Gasteiger partial charge < -0.3 is 19.5 Å². The van der Waals surface area contributed by atoms with Crippen LogP contribution in [-0.4, -0.2) is 48.1 Å². The van der Waals surface area contributed by atoms with Crippen molar-refractivity contribution in [2.45, 2.75) is 33.2 Å². The standard InChI is InChI=1S/C16H27ClN4O2.HI/c1-5-18-16(19-9-7-8-15(22)23-6-2)21(4)12-14-10-13(17)11-20(14)3;/h10-11H,5-9,12H2,1-4H3,(H,18,19);1H. The number of ether oxygens (including phenoxy) is 1. The zero-order valence-corrected chi connectivity index (χ0v) is 17.9. The molecule has 0 saturated carbocycles. The van der Waals surface area contributed by atoms with Gasteiger partial charge in [-0.05, 0) is 26.3 Å². The molecular weight excluding hydrogens is 443 g/mol. The highest BCUT2D eigenvalue weighted by molar-refractivity contribution is 14.0. The van der Waals surface area contributed by atoms with Crippen LogP contribution in [0.25, 0.3) is 0 Å². The number of carbonyl (C=O) groups excluding carboxylic acids is 1. The third-order valence-electron chi connectivity index (χ3n) is 3.28. The number of hydrogen-bond donors (Lipinski definition) is 1. The minimum absolute atomic E-state index is 0. The van der Waals surface area contributed by atoms with Gasteiger partial charge in [-0.1, -0.05) is 11.6 Å². The molecule has 1 aromatic rings. The number of aromatic nitrogens is 1. The Balaban J connectivity index is 0.00000529. The molecule has 1 aromatic heterocycles. The van der Waals surface area contributed by atoms with Gasteiger partial charge in [-0.25, -0.2) is 0 Å². The van der Waals surface area contributed by atoms with Gasteiger partial charge in [0.25, 0.3) is 0 Å². The molecule has 138 valence electrons. The van der Waals surface area contributed by atoms with Crippen LogP contribution < -0.4 is 5.32 Å². The van der Waals surface area contributed by atoms with E-state index >= 15 is 0 Å². The maximum atomic E-state index is 11.3. The molecule has 1 heterocycles. The molecule has 0 aromatic carbocycles. The normalized spacial score (nSPS) is 11.0. The molecule has 0 fully saturated rings. The summed E-state index contributed by atoms with van der Waals surface area (Å²) in [5.74, 6) is 0.646. The highest BCUT2D eigenvalue weighted by Crippen LogP contribution is 2.14. The van der Waals surface area contributed by atoms with E-state index in [0.717, 1.165) is 23.2 Å². The third kappa shape index (κ3) is 8.23.